The Bertz CT molecular complexity index is 1020. The van der Waals surface area contributed by atoms with Crippen molar-refractivity contribution in [2.24, 2.45) is 5.92 Å². The van der Waals surface area contributed by atoms with Gasteiger partial charge >= 0.3 is 12.1 Å². The lowest BCUT2D eigenvalue weighted by Gasteiger charge is -2.44. The summed E-state index contributed by atoms with van der Waals surface area (Å²) in [5.74, 6) is -0.926. The molecule has 0 radical (unpaired) electrons. The van der Waals surface area contributed by atoms with Gasteiger partial charge in [-0.15, -0.1) is 6.58 Å². The van der Waals surface area contributed by atoms with Crippen molar-refractivity contribution in [2.75, 3.05) is 6.54 Å². The smallest absolute Gasteiger partial charge is 0.416 e. The molecule has 8 heteroatoms. The van der Waals surface area contributed by atoms with Crippen LogP contribution in [0.1, 0.15) is 67.8 Å². The molecule has 0 aromatic heterocycles. The van der Waals surface area contributed by atoms with Crippen molar-refractivity contribution < 1.29 is 23.1 Å². The van der Waals surface area contributed by atoms with Gasteiger partial charge in [-0.05, 0) is 80.5 Å². The second-order valence-electron chi connectivity index (χ2n) is 9.05. The van der Waals surface area contributed by atoms with E-state index in [-0.39, 0.29) is 24.4 Å². The number of carboxylic acids is 1. The average molecular weight is 514 g/mol. The molecule has 2 aromatic carbocycles. The molecule has 3 rings (SSSR count). The van der Waals surface area contributed by atoms with Crippen LogP contribution in [0.5, 0.6) is 0 Å². The number of carbonyl (C=O) groups is 1. The van der Waals surface area contributed by atoms with E-state index in [1.165, 1.54) is 12.1 Å². The number of hydrogen-bond donors (Lipinski definition) is 1. The van der Waals surface area contributed by atoms with Crippen molar-refractivity contribution in [2.45, 2.75) is 57.3 Å². The van der Waals surface area contributed by atoms with Crippen LogP contribution in [0.3, 0.4) is 0 Å². The zero-order valence-corrected chi connectivity index (χ0v) is 20.4. The summed E-state index contributed by atoms with van der Waals surface area (Å²) in [5, 5.41) is 10.2. The van der Waals surface area contributed by atoms with Gasteiger partial charge in [0.25, 0.3) is 0 Å². The van der Waals surface area contributed by atoms with E-state index in [2.05, 4.69) is 11.5 Å². The number of allylic oxidation sites excluding steroid dienone is 1. The Kier molecular flexibility index (Phi) is 8.72. The minimum Gasteiger partial charge on any atom is -0.481 e. The van der Waals surface area contributed by atoms with E-state index in [1.54, 1.807) is 6.07 Å². The minimum atomic E-state index is -4.42. The van der Waals surface area contributed by atoms with Gasteiger partial charge in [-0.1, -0.05) is 47.0 Å². The molecular weight excluding hydrogens is 486 g/mol. The fourth-order valence-corrected chi connectivity index (χ4v) is 5.02. The molecule has 0 spiro atoms. The molecule has 0 amide bonds. The Morgan fingerprint density at radius 1 is 1.18 bits per heavy atom. The number of piperidine rings is 1. The molecule has 1 saturated heterocycles. The highest BCUT2D eigenvalue weighted by atomic mass is 35.5. The number of rotatable bonds is 8. The predicted octanol–water partition coefficient (Wildman–Crippen LogP) is 8.34. The SMILES string of the molecule is C=C(C)CCC(c1ccc(Cl)c(Cl)c1)N1CCC(CC(=O)O)CC1c1ccc(C(F)(F)F)cc1. The monoisotopic (exact) mass is 513 g/mol. The molecule has 2 aromatic rings. The van der Waals surface area contributed by atoms with Crippen LogP contribution in [-0.4, -0.2) is 22.5 Å². The molecule has 0 aliphatic carbocycles. The van der Waals surface area contributed by atoms with Crippen LogP contribution in [0.2, 0.25) is 10.0 Å². The Balaban J connectivity index is 2.00. The first-order chi connectivity index (χ1) is 16.0. The first kappa shape index (κ1) is 26.6. The van der Waals surface area contributed by atoms with E-state index in [4.69, 9.17) is 23.2 Å². The maximum absolute atomic E-state index is 13.1. The van der Waals surface area contributed by atoms with Crippen LogP contribution in [0.4, 0.5) is 13.2 Å². The molecule has 0 saturated carbocycles. The van der Waals surface area contributed by atoms with Gasteiger partial charge in [0.2, 0.25) is 0 Å². The Labute approximate surface area is 208 Å². The Hall–Kier alpha value is -2.02. The predicted molar refractivity (Wildman–Crippen MR) is 129 cm³/mol. The van der Waals surface area contributed by atoms with Gasteiger partial charge in [0.05, 0.1) is 15.6 Å². The number of nitrogens with zero attached hydrogens (tertiary/aromatic N) is 1. The van der Waals surface area contributed by atoms with Crippen molar-refractivity contribution in [3.05, 3.63) is 81.4 Å². The molecule has 3 nitrogen and oxygen atoms in total. The van der Waals surface area contributed by atoms with Crippen LogP contribution < -0.4 is 0 Å². The van der Waals surface area contributed by atoms with Crippen LogP contribution >= 0.6 is 23.2 Å². The van der Waals surface area contributed by atoms with E-state index in [9.17, 15) is 23.1 Å². The number of aliphatic carboxylic acids is 1. The highest BCUT2D eigenvalue weighted by Gasteiger charge is 2.36. The number of likely N-dealkylation sites (tertiary alicyclic amines) is 1. The van der Waals surface area contributed by atoms with Crippen molar-refractivity contribution in [1.29, 1.82) is 0 Å². The highest BCUT2D eigenvalue weighted by Crippen LogP contribution is 2.44. The second-order valence-corrected chi connectivity index (χ2v) is 9.86. The molecule has 1 fully saturated rings. The number of benzene rings is 2. The molecular formula is C26H28Cl2F3NO2. The van der Waals surface area contributed by atoms with Crippen LogP contribution in [0, 0.1) is 5.92 Å². The van der Waals surface area contributed by atoms with Crippen molar-refractivity contribution >= 4 is 29.2 Å². The number of halogens is 5. The largest absolute Gasteiger partial charge is 0.481 e. The van der Waals surface area contributed by atoms with E-state index >= 15 is 0 Å². The number of carboxylic acid groups (broad SMARTS) is 1. The van der Waals surface area contributed by atoms with Crippen molar-refractivity contribution in [3.8, 4) is 0 Å². The summed E-state index contributed by atoms with van der Waals surface area (Å²) >= 11 is 12.4. The van der Waals surface area contributed by atoms with Gasteiger partial charge in [0.15, 0.2) is 0 Å². The van der Waals surface area contributed by atoms with Crippen molar-refractivity contribution in [1.82, 2.24) is 4.90 Å². The average Bonchev–Trinajstić information content (AvgIpc) is 2.76. The van der Waals surface area contributed by atoms with Gasteiger partial charge in [-0.3, -0.25) is 9.69 Å². The first-order valence-corrected chi connectivity index (χ1v) is 11.9. The number of alkyl halides is 3. The minimum absolute atomic E-state index is 0.0359. The third-order valence-corrected chi connectivity index (χ3v) is 7.15. The number of hydrogen-bond acceptors (Lipinski definition) is 2. The lowest BCUT2D eigenvalue weighted by atomic mass is 9.82. The second kappa shape index (κ2) is 11.1. The first-order valence-electron chi connectivity index (χ1n) is 11.2. The van der Waals surface area contributed by atoms with Crippen LogP contribution in [0.25, 0.3) is 0 Å². The normalized spacial score (nSPS) is 20.2. The van der Waals surface area contributed by atoms with E-state index < -0.39 is 17.7 Å². The summed E-state index contributed by atoms with van der Waals surface area (Å²) in [7, 11) is 0. The van der Waals surface area contributed by atoms with E-state index in [0.717, 1.165) is 41.7 Å². The molecule has 1 heterocycles. The molecule has 1 aliphatic heterocycles. The summed E-state index contributed by atoms with van der Waals surface area (Å²) in [6.45, 7) is 6.59. The summed E-state index contributed by atoms with van der Waals surface area (Å²) in [4.78, 5) is 13.6. The van der Waals surface area contributed by atoms with Crippen LogP contribution in [0.15, 0.2) is 54.6 Å². The van der Waals surface area contributed by atoms with Crippen molar-refractivity contribution in [3.63, 3.8) is 0 Å². The maximum atomic E-state index is 13.1. The standard InChI is InChI=1S/C26H28Cl2F3NO2/c1-16(2)3-10-23(19-6-9-21(27)22(28)15-19)32-12-11-17(14-25(33)34)13-24(32)18-4-7-20(8-5-18)26(29,30)31/h4-9,15,17,23-24H,1,3,10-14H2,2H3,(H,33,34). The van der Waals surface area contributed by atoms with E-state index in [0.29, 0.717) is 29.4 Å². The topological polar surface area (TPSA) is 40.5 Å². The molecule has 1 aliphatic rings. The molecule has 0 bridgehead atoms. The molecule has 184 valence electrons. The maximum Gasteiger partial charge on any atom is 0.416 e. The quantitative estimate of drug-likeness (QED) is 0.360. The molecule has 3 unspecified atom stereocenters. The fraction of sp³-hybridized carbons (Fsp3) is 0.423. The summed E-state index contributed by atoms with van der Waals surface area (Å²) in [5.41, 5.74) is 2.02. The third kappa shape index (κ3) is 6.77. The molecule has 3 atom stereocenters. The van der Waals surface area contributed by atoms with E-state index in [1.807, 2.05) is 19.1 Å². The van der Waals surface area contributed by atoms with Gasteiger partial charge in [-0.25, -0.2) is 0 Å². The lowest BCUT2D eigenvalue weighted by Crippen LogP contribution is -2.40. The Morgan fingerprint density at radius 3 is 2.41 bits per heavy atom. The Morgan fingerprint density at radius 2 is 1.85 bits per heavy atom. The van der Waals surface area contributed by atoms with Crippen LogP contribution in [-0.2, 0) is 11.0 Å². The zero-order chi connectivity index (χ0) is 25.0. The van der Waals surface area contributed by atoms with Gasteiger partial charge in [-0.2, -0.15) is 13.2 Å². The molecule has 34 heavy (non-hydrogen) atoms. The van der Waals surface area contributed by atoms with Gasteiger partial charge < -0.3 is 5.11 Å². The lowest BCUT2D eigenvalue weighted by molar-refractivity contribution is -0.139. The van der Waals surface area contributed by atoms with Gasteiger partial charge in [0, 0.05) is 18.5 Å². The highest BCUT2D eigenvalue weighted by molar-refractivity contribution is 6.42. The summed E-state index contributed by atoms with van der Waals surface area (Å²) in [6.07, 6.45) is -1.64. The summed E-state index contributed by atoms with van der Waals surface area (Å²) in [6, 6.07) is 10.4. The van der Waals surface area contributed by atoms with Gasteiger partial charge in [0.1, 0.15) is 0 Å². The molecule has 1 N–H and O–H groups in total. The summed E-state index contributed by atoms with van der Waals surface area (Å²) < 4.78 is 39.4. The fourth-order valence-electron chi connectivity index (χ4n) is 4.71. The third-order valence-electron chi connectivity index (χ3n) is 6.41. The zero-order valence-electron chi connectivity index (χ0n) is 18.9.